The van der Waals surface area contributed by atoms with Crippen LogP contribution in [-0.2, 0) is 29.1 Å². The summed E-state index contributed by atoms with van der Waals surface area (Å²) in [6.07, 6.45) is 5.24. The maximum Gasteiger partial charge on any atom is 0.279 e. The van der Waals surface area contributed by atoms with Crippen LogP contribution in [0.3, 0.4) is 0 Å². The van der Waals surface area contributed by atoms with Gasteiger partial charge in [0.25, 0.3) is 5.91 Å². The number of carbonyl (C=O) groups excluding carboxylic acids is 1. The molecule has 11 nitrogen and oxygen atoms in total. The number of nitrogens with one attached hydrogen (secondary N) is 2. The van der Waals surface area contributed by atoms with Crippen LogP contribution in [0.5, 0.6) is 0 Å². The number of benzene rings is 1. The van der Waals surface area contributed by atoms with Gasteiger partial charge in [0.05, 0.1) is 37.1 Å². The number of nitrogens with zero attached hydrogens (tertiary/aromatic N) is 3. The highest BCUT2D eigenvalue weighted by Crippen LogP contribution is 2.15. The van der Waals surface area contributed by atoms with Gasteiger partial charge in [-0.15, -0.1) is 11.8 Å². The van der Waals surface area contributed by atoms with E-state index in [1.54, 1.807) is 6.20 Å². The van der Waals surface area contributed by atoms with Crippen LogP contribution in [0.2, 0.25) is 0 Å². The smallest absolute Gasteiger partial charge is 0.279 e. The first-order chi connectivity index (χ1) is 15.9. The molecule has 0 aliphatic carbocycles. The van der Waals surface area contributed by atoms with Gasteiger partial charge in [0.15, 0.2) is 17.6 Å². The Morgan fingerprint density at radius 2 is 2.06 bits per heavy atom. The normalized spacial score (nSPS) is 16.5. The molecule has 0 saturated carbocycles. The van der Waals surface area contributed by atoms with Crippen LogP contribution in [0.1, 0.15) is 12.0 Å². The average molecular weight is 496 g/mol. The maximum atomic E-state index is 13.0. The third-order valence-corrected chi connectivity index (χ3v) is 6.62. The molecule has 1 aromatic heterocycles. The number of ether oxygens (including phenoxy) is 2. The van der Waals surface area contributed by atoms with E-state index in [2.05, 4.69) is 25.2 Å². The summed E-state index contributed by atoms with van der Waals surface area (Å²) in [4.78, 5) is 26.8. The average Bonchev–Trinajstić information content (AvgIpc) is 3.34. The van der Waals surface area contributed by atoms with Gasteiger partial charge in [0.2, 0.25) is 10.0 Å². The quantitative estimate of drug-likeness (QED) is 0.204. The van der Waals surface area contributed by atoms with Gasteiger partial charge in [-0.2, -0.15) is 0 Å². The van der Waals surface area contributed by atoms with Crippen molar-refractivity contribution in [1.82, 2.24) is 14.7 Å². The highest BCUT2D eigenvalue weighted by Gasteiger charge is 2.22. The van der Waals surface area contributed by atoms with E-state index in [0.717, 1.165) is 0 Å². The van der Waals surface area contributed by atoms with Crippen LogP contribution in [-0.4, -0.2) is 75.8 Å². The predicted octanol–water partition coefficient (Wildman–Crippen LogP) is 1.27. The fourth-order valence-electron chi connectivity index (χ4n) is 2.76. The number of methoxy groups -OCH3 is 1. The van der Waals surface area contributed by atoms with Crippen molar-refractivity contribution in [2.45, 2.75) is 22.4 Å². The largest absolute Gasteiger partial charge is 0.389 e. The molecule has 1 fully saturated rings. The Hall–Kier alpha value is -2.58. The van der Waals surface area contributed by atoms with Crippen molar-refractivity contribution < 1.29 is 27.5 Å². The highest BCUT2D eigenvalue weighted by atomic mass is 32.2. The Balaban J connectivity index is 1.80. The van der Waals surface area contributed by atoms with Gasteiger partial charge in [-0.05, 0) is 18.4 Å². The van der Waals surface area contributed by atoms with E-state index in [9.17, 15) is 13.2 Å². The third-order valence-electron chi connectivity index (χ3n) is 4.51. The van der Waals surface area contributed by atoms with Crippen LogP contribution in [0.25, 0.3) is 0 Å². The second kappa shape index (κ2) is 12.0. The van der Waals surface area contributed by atoms with Crippen molar-refractivity contribution in [2.24, 2.45) is 5.16 Å². The summed E-state index contributed by atoms with van der Waals surface area (Å²) in [5.41, 5.74) is 0.338. The van der Waals surface area contributed by atoms with E-state index < -0.39 is 15.9 Å². The predicted molar refractivity (Wildman–Crippen MR) is 123 cm³/mol. The molecule has 3 rings (SSSR count). The maximum absolute atomic E-state index is 13.0. The molecule has 2 heterocycles. The van der Waals surface area contributed by atoms with Crippen molar-refractivity contribution in [2.75, 3.05) is 45.0 Å². The molecule has 2 aromatic rings. The summed E-state index contributed by atoms with van der Waals surface area (Å²) in [5, 5.41) is 7.40. The van der Waals surface area contributed by atoms with Gasteiger partial charge in [-0.1, -0.05) is 17.3 Å². The van der Waals surface area contributed by atoms with Gasteiger partial charge >= 0.3 is 0 Å². The molecule has 33 heavy (non-hydrogen) atoms. The Kier molecular flexibility index (Phi) is 9.14. The Bertz CT molecular complexity index is 1060. The zero-order valence-electron chi connectivity index (χ0n) is 18.2. The number of amides is 1. The molecule has 2 N–H and O–H groups in total. The summed E-state index contributed by atoms with van der Waals surface area (Å²) in [7, 11) is -2.23. The molecule has 1 atom stereocenters. The number of thioether (sulfide) groups is 1. The summed E-state index contributed by atoms with van der Waals surface area (Å²) in [6, 6.07) is 5.75. The van der Waals surface area contributed by atoms with E-state index in [-0.39, 0.29) is 35.7 Å². The molecule has 1 aliphatic heterocycles. The number of sulfonamides is 1. The van der Waals surface area contributed by atoms with Gasteiger partial charge in [-0.25, -0.2) is 23.1 Å². The van der Waals surface area contributed by atoms with E-state index in [4.69, 9.17) is 14.3 Å². The van der Waals surface area contributed by atoms with Crippen LogP contribution >= 0.6 is 11.8 Å². The van der Waals surface area contributed by atoms with E-state index in [1.807, 2.05) is 6.26 Å². The zero-order valence-corrected chi connectivity index (χ0v) is 19.8. The summed E-state index contributed by atoms with van der Waals surface area (Å²) < 4.78 is 37.3. The summed E-state index contributed by atoms with van der Waals surface area (Å²) >= 11 is 1.43. The van der Waals surface area contributed by atoms with E-state index in [0.29, 0.717) is 30.2 Å². The first-order valence-electron chi connectivity index (χ1n) is 10.0. The lowest BCUT2D eigenvalue weighted by atomic mass is 10.1. The molecule has 0 bridgehead atoms. The Morgan fingerprint density at radius 1 is 1.27 bits per heavy atom. The minimum Gasteiger partial charge on any atom is -0.389 e. The van der Waals surface area contributed by atoms with Crippen LogP contribution in [0.15, 0.2) is 51.7 Å². The number of hydrogen-bond donors (Lipinski definition) is 2. The minimum atomic E-state index is -3.71. The Labute approximate surface area is 196 Å². The van der Waals surface area contributed by atoms with Crippen LogP contribution in [0, 0.1) is 0 Å². The number of rotatable bonds is 11. The SMILES string of the molecule is COCCNS(=O)(=O)c1ccc(C(=NO[C@@H]2CCOC2)C(=O)Nc2cnc(SC)cn2)cc1. The number of aromatic nitrogens is 2. The van der Waals surface area contributed by atoms with Crippen LogP contribution in [0.4, 0.5) is 5.82 Å². The molecule has 1 aromatic carbocycles. The fourth-order valence-corrected chi connectivity index (χ4v) is 4.09. The standard InChI is InChI=1S/C20H25N5O6S2/c1-29-10-8-23-33(27,28)16-5-3-14(4-6-16)19(25-31-15-7-9-30-13-15)20(26)24-17-11-22-18(32-2)12-21-17/h3-6,11-12,15,23H,7-10,13H2,1-2H3,(H,21,24,26)/t15-/m1/s1. The van der Waals surface area contributed by atoms with Gasteiger partial charge in [0, 0.05) is 25.6 Å². The molecule has 1 aliphatic rings. The van der Waals surface area contributed by atoms with Gasteiger partial charge in [0.1, 0.15) is 5.03 Å². The molecule has 0 unspecified atom stereocenters. The lowest BCUT2D eigenvalue weighted by molar-refractivity contribution is -0.110. The van der Waals surface area contributed by atoms with Crippen molar-refractivity contribution in [3.8, 4) is 0 Å². The van der Waals surface area contributed by atoms with Gasteiger partial charge < -0.3 is 19.6 Å². The number of anilines is 1. The lowest BCUT2D eigenvalue weighted by Gasteiger charge is -2.11. The van der Waals surface area contributed by atoms with Gasteiger partial charge in [-0.3, -0.25) is 4.79 Å². The molecular formula is C20H25N5O6S2. The zero-order chi connectivity index (χ0) is 23.7. The lowest BCUT2D eigenvalue weighted by Crippen LogP contribution is -2.28. The van der Waals surface area contributed by atoms with E-state index >= 15 is 0 Å². The third kappa shape index (κ3) is 7.20. The molecular weight excluding hydrogens is 470 g/mol. The van der Waals surface area contributed by atoms with Crippen molar-refractivity contribution in [1.29, 1.82) is 0 Å². The number of carbonyl (C=O) groups is 1. The van der Waals surface area contributed by atoms with Crippen molar-refractivity contribution >= 4 is 39.2 Å². The monoisotopic (exact) mass is 495 g/mol. The first kappa shape index (κ1) is 25.1. The summed E-state index contributed by atoms with van der Waals surface area (Å²) in [5.74, 6) is -0.329. The fraction of sp³-hybridized carbons (Fsp3) is 0.400. The van der Waals surface area contributed by atoms with Crippen molar-refractivity contribution in [3.63, 3.8) is 0 Å². The molecule has 0 radical (unpaired) electrons. The Morgan fingerprint density at radius 3 is 2.67 bits per heavy atom. The number of oxime groups is 1. The second-order valence-corrected chi connectivity index (χ2v) is 9.44. The first-order valence-corrected chi connectivity index (χ1v) is 12.7. The summed E-state index contributed by atoms with van der Waals surface area (Å²) in [6.45, 7) is 1.33. The van der Waals surface area contributed by atoms with Crippen LogP contribution < -0.4 is 10.0 Å². The molecule has 1 amide bonds. The topological polar surface area (TPSA) is 141 Å². The number of hydrogen-bond acceptors (Lipinski definition) is 10. The van der Waals surface area contributed by atoms with Crippen molar-refractivity contribution in [3.05, 3.63) is 42.2 Å². The second-order valence-electron chi connectivity index (χ2n) is 6.84. The molecule has 13 heteroatoms. The molecule has 1 saturated heterocycles. The van der Waals surface area contributed by atoms with E-state index in [1.165, 1.54) is 49.3 Å². The highest BCUT2D eigenvalue weighted by molar-refractivity contribution is 7.98. The minimum absolute atomic E-state index is 0.0334. The molecule has 0 spiro atoms. The molecule has 178 valence electrons.